The third kappa shape index (κ3) is 18.9. The zero-order valence-electron chi connectivity index (χ0n) is 20.9. The summed E-state index contributed by atoms with van der Waals surface area (Å²) in [6.07, 6.45) is 28.9. The van der Waals surface area contributed by atoms with E-state index in [1.54, 1.807) is 0 Å². The van der Waals surface area contributed by atoms with Crippen LogP contribution in [0.2, 0.25) is 0 Å². The van der Waals surface area contributed by atoms with Gasteiger partial charge in [0.15, 0.2) is 0 Å². The second-order valence-corrected chi connectivity index (χ2v) is 9.73. The SMILES string of the molecule is Br.CCCCCCCCC(C)C(N)(CCCCCCCC)CCCCCCCC. The molecule has 0 saturated carbocycles. The number of unbranched alkanes of at least 4 members (excludes halogenated alkanes) is 15. The predicted octanol–water partition coefficient (Wildman–Crippen LogP) is 10.1. The molecule has 0 bridgehead atoms. The van der Waals surface area contributed by atoms with E-state index in [4.69, 9.17) is 5.73 Å². The average molecular weight is 477 g/mol. The number of rotatable bonds is 22. The van der Waals surface area contributed by atoms with Gasteiger partial charge in [0.25, 0.3) is 0 Å². The Hall–Kier alpha value is 0.440. The van der Waals surface area contributed by atoms with Crippen molar-refractivity contribution in [2.24, 2.45) is 11.7 Å². The number of halogens is 1. The summed E-state index contributed by atoms with van der Waals surface area (Å²) in [5, 5.41) is 0. The van der Waals surface area contributed by atoms with Crippen LogP contribution in [-0.4, -0.2) is 5.54 Å². The molecule has 0 heterocycles. The Bertz CT molecular complexity index is 289. The highest BCUT2D eigenvalue weighted by molar-refractivity contribution is 8.93. The lowest BCUT2D eigenvalue weighted by Crippen LogP contribution is -2.46. The minimum Gasteiger partial charge on any atom is -0.325 e. The van der Waals surface area contributed by atoms with Gasteiger partial charge in [0.1, 0.15) is 0 Å². The summed E-state index contributed by atoms with van der Waals surface area (Å²) in [5.74, 6) is 0.685. The van der Waals surface area contributed by atoms with E-state index in [0.717, 1.165) is 0 Å². The Morgan fingerprint density at radius 1 is 0.517 bits per heavy atom. The van der Waals surface area contributed by atoms with Crippen LogP contribution in [0.5, 0.6) is 0 Å². The lowest BCUT2D eigenvalue weighted by atomic mass is 9.75. The van der Waals surface area contributed by atoms with Crippen LogP contribution in [0.1, 0.15) is 163 Å². The summed E-state index contributed by atoms with van der Waals surface area (Å²) in [6, 6.07) is 0. The Kier molecular flexibility index (Phi) is 25.2. The molecular formula is C27H58BrN. The molecule has 0 spiro atoms. The second kappa shape index (κ2) is 23.1. The molecular weight excluding hydrogens is 418 g/mol. The van der Waals surface area contributed by atoms with Gasteiger partial charge in [-0.15, -0.1) is 17.0 Å². The van der Waals surface area contributed by atoms with Gasteiger partial charge in [-0.05, 0) is 25.2 Å². The molecule has 0 amide bonds. The number of hydrogen-bond donors (Lipinski definition) is 1. The van der Waals surface area contributed by atoms with Crippen molar-refractivity contribution in [1.29, 1.82) is 0 Å². The highest BCUT2D eigenvalue weighted by Gasteiger charge is 2.30. The maximum Gasteiger partial charge on any atom is 0.0180 e. The fourth-order valence-electron chi connectivity index (χ4n) is 4.61. The predicted molar refractivity (Wildman–Crippen MR) is 140 cm³/mol. The van der Waals surface area contributed by atoms with Crippen molar-refractivity contribution >= 4 is 17.0 Å². The molecule has 1 nitrogen and oxygen atoms in total. The summed E-state index contributed by atoms with van der Waals surface area (Å²) in [7, 11) is 0. The molecule has 29 heavy (non-hydrogen) atoms. The number of hydrogen-bond acceptors (Lipinski definition) is 1. The molecule has 0 saturated heterocycles. The Balaban J connectivity index is 0. The van der Waals surface area contributed by atoms with Crippen LogP contribution < -0.4 is 5.73 Å². The standard InChI is InChI=1S/C27H57N.BrH/c1-5-8-11-14-17-20-23-26(4)27(28,24-21-18-15-12-9-6-2)25-22-19-16-13-10-7-3;/h26H,5-25,28H2,1-4H3;1H. The molecule has 2 N–H and O–H groups in total. The van der Waals surface area contributed by atoms with Gasteiger partial charge < -0.3 is 5.73 Å². The van der Waals surface area contributed by atoms with E-state index >= 15 is 0 Å². The van der Waals surface area contributed by atoms with E-state index in [1.807, 2.05) is 0 Å². The summed E-state index contributed by atoms with van der Waals surface area (Å²) in [6.45, 7) is 9.36. The molecule has 0 aromatic rings. The van der Waals surface area contributed by atoms with Gasteiger partial charge in [-0.2, -0.15) is 0 Å². The first-order valence-corrected chi connectivity index (χ1v) is 13.4. The molecule has 1 atom stereocenters. The van der Waals surface area contributed by atoms with Gasteiger partial charge in [-0.25, -0.2) is 0 Å². The van der Waals surface area contributed by atoms with E-state index in [0.29, 0.717) is 5.92 Å². The van der Waals surface area contributed by atoms with Crippen LogP contribution in [0.25, 0.3) is 0 Å². The molecule has 0 aromatic heterocycles. The van der Waals surface area contributed by atoms with E-state index in [9.17, 15) is 0 Å². The zero-order valence-corrected chi connectivity index (χ0v) is 22.6. The number of nitrogens with two attached hydrogens (primary N) is 1. The van der Waals surface area contributed by atoms with Crippen LogP contribution in [0.3, 0.4) is 0 Å². The zero-order chi connectivity index (χ0) is 20.9. The minimum absolute atomic E-state index is 0. The molecule has 0 aliphatic rings. The molecule has 0 aliphatic carbocycles. The molecule has 0 fully saturated rings. The van der Waals surface area contributed by atoms with E-state index in [2.05, 4.69) is 27.7 Å². The van der Waals surface area contributed by atoms with E-state index < -0.39 is 0 Å². The third-order valence-corrected chi connectivity index (χ3v) is 6.96. The first-order valence-electron chi connectivity index (χ1n) is 13.4. The van der Waals surface area contributed by atoms with Crippen LogP contribution in [-0.2, 0) is 0 Å². The van der Waals surface area contributed by atoms with Gasteiger partial charge in [0.2, 0.25) is 0 Å². The lowest BCUT2D eigenvalue weighted by Gasteiger charge is -2.36. The van der Waals surface area contributed by atoms with Crippen LogP contribution in [0.15, 0.2) is 0 Å². The smallest absolute Gasteiger partial charge is 0.0180 e. The van der Waals surface area contributed by atoms with E-state index in [-0.39, 0.29) is 22.5 Å². The fraction of sp³-hybridized carbons (Fsp3) is 1.00. The summed E-state index contributed by atoms with van der Waals surface area (Å²) < 4.78 is 0. The molecule has 1 unspecified atom stereocenters. The Morgan fingerprint density at radius 2 is 0.828 bits per heavy atom. The van der Waals surface area contributed by atoms with Gasteiger partial charge in [-0.3, -0.25) is 0 Å². The van der Waals surface area contributed by atoms with Crippen molar-refractivity contribution in [2.45, 2.75) is 168 Å². The van der Waals surface area contributed by atoms with Crippen LogP contribution in [0, 0.1) is 5.92 Å². The molecule has 178 valence electrons. The summed E-state index contributed by atoms with van der Waals surface area (Å²) in [5.41, 5.74) is 7.18. The minimum atomic E-state index is 0. The normalized spacial score (nSPS) is 12.7. The third-order valence-electron chi connectivity index (χ3n) is 6.96. The highest BCUT2D eigenvalue weighted by atomic mass is 79.9. The van der Waals surface area contributed by atoms with Gasteiger partial charge in [-0.1, -0.05) is 143 Å². The fourth-order valence-corrected chi connectivity index (χ4v) is 4.61. The highest BCUT2D eigenvalue weighted by Crippen LogP contribution is 2.31. The molecule has 2 heteroatoms. The first-order chi connectivity index (χ1) is 13.6. The van der Waals surface area contributed by atoms with Crippen molar-refractivity contribution < 1.29 is 0 Å². The van der Waals surface area contributed by atoms with Crippen molar-refractivity contribution in [1.82, 2.24) is 0 Å². The van der Waals surface area contributed by atoms with Crippen LogP contribution >= 0.6 is 17.0 Å². The van der Waals surface area contributed by atoms with Crippen LogP contribution in [0.4, 0.5) is 0 Å². The Morgan fingerprint density at radius 3 is 1.21 bits per heavy atom. The molecule has 0 rings (SSSR count). The van der Waals surface area contributed by atoms with E-state index in [1.165, 1.54) is 135 Å². The molecule has 0 aromatic carbocycles. The van der Waals surface area contributed by atoms with Gasteiger partial charge in [0, 0.05) is 5.54 Å². The van der Waals surface area contributed by atoms with Crippen molar-refractivity contribution in [3.8, 4) is 0 Å². The van der Waals surface area contributed by atoms with Crippen molar-refractivity contribution in [2.75, 3.05) is 0 Å². The maximum absolute atomic E-state index is 7.09. The largest absolute Gasteiger partial charge is 0.325 e. The summed E-state index contributed by atoms with van der Waals surface area (Å²) in [4.78, 5) is 0. The van der Waals surface area contributed by atoms with Crippen molar-refractivity contribution in [3.05, 3.63) is 0 Å². The maximum atomic E-state index is 7.09. The molecule has 0 aliphatic heterocycles. The lowest BCUT2D eigenvalue weighted by molar-refractivity contribution is 0.220. The monoisotopic (exact) mass is 475 g/mol. The van der Waals surface area contributed by atoms with Crippen molar-refractivity contribution in [3.63, 3.8) is 0 Å². The quantitative estimate of drug-likeness (QED) is 0.155. The average Bonchev–Trinajstić information content (AvgIpc) is 2.69. The van der Waals surface area contributed by atoms with Gasteiger partial charge >= 0.3 is 0 Å². The van der Waals surface area contributed by atoms with Gasteiger partial charge in [0.05, 0.1) is 0 Å². The topological polar surface area (TPSA) is 26.0 Å². The first kappa shape index (κ1) is 31.6. The second-order valence-electron chi connectivity index (χ2n) is 9.73. The molecule has 0 radical (unpaired) electrons. The summed E-state index contributed by atoms with van der Waals surface area (Å²) >= 11 is 0. The Labute approximate surface area is 196 Å².